The number of rotatable bonds is 6. The number of likely N-dealkylation sites (N-methyl/N-ethyl adjacent to an activating group) is 1. The maximum Gasteiger partial charge on any atom is 0.244 e. The van der Waals surface area contributed by atoms with Gasteiger partial charge in [-0.15, -0.1) is 0 Å². The summed E-state index contributed by atoms with van der Waals surface area (Å²) in [5.41, 5.74) is 2.17. The quantitative estimate of drug-likeness (QED) is 0.744. The fourth-order valence-electron chi connectivity index (χ4n) is 3.07. The molecule has 0 bridgehead atoms. The van der Waals surface area contributed by atoms with Crippen LogP contribution in [0.3, 0.4) is 0 Å². The van der Waals surface area contributed by atoms with E-state index in [1.54, 1.807) is 0 Å². The Morgan fingerprint density at radius 2 is 1.68 bits per heavy atom. The van der Waals surface area contributed by atoms with Gasteiger partial charge in [0, 0.05) is 39.0 Å². The highest BCUT2D eigenvalue weighted by molar-refractivity contribution is 7.90. The van der Waals surface area contributed by atoms with Gasteiger partial charge in [-0.3, -0.25) is 14.6 Å². The van der Waals surface area contributed by atoms with Crippen LogP contribution in [0.1, 0.15) is 17.2 Å². The Balaban J connectivity index is 1.98. The van der Waals surface area contributed by atoms with E-state index in [-0.39, 0.29) is 17.7 Å². The van der Waals surface area contributed by atoms with Crippen molar-refractivity contribution in [3.63, 3.8) is 0 Å². The van der Waals surface area contributed by atoms with Crippen LogP contribution in [-0.2, 0) is 14.6 Å². The first-order chi connectivity index (χ1) is 11.7. The second-order valence-electron chi connectivity index (χ2n) is 7.07. The lowest BCUT2D eigenvalue weighted by molar-refractivity contribution is -0.138. The molecule has 0 spiro atoms. The summed E-state index contributed by atoms with van der Waals surface area (Å²) in [5.74, 6) is 0.279. The van der Waals surface area contributed by atoms with Gasteiger partial charge in [0.25, 0.3) is 0 Å². The van der Waals surface area contributed by atoms with E-state index in [1.807, 2.05) is 55.1 Å². The summed E-state index contributed by atoms with van der Waals surface area (Å²) >= 11 is 0. The summed E-state index contributed by atoms with van der Waals surface area (Å²) in [6.07, 6.45) is 1.26. The predicted molar refractivity (Wildman–Crippen MR) is 100 cm³/mol. The molecule has 0 aromatic heterocycles. The minimum Gasteiger partial charge on any atom is -0.338 e. The molecule has 0 aliphatic carbocycles. The maximum absolute atomic E-state index is 13.0. The van der Waals surface area contributed by atoms with Crippen molar-refractivity contribution < 1.29 is 13.2 Å². The number of hydrogen-bond donors (Lipinski definition) is 0. The fourth-order valence-corrected chi connectivity index (χ4v) is 3.66. The van der Waals surface area contributed by atoms with Gasteiger partial charge in [-0.25, -0.2) is 8.42 Å². The van der Waals surface area contributed by atoms with Crippen molar-refractivity contribution in [2.24, 2.45) is 0 Å². The summed E-state index contributed by atoms with van der Waals surface area (Å²) in [5, 5.41) is 0. The number of nitrogens with zero attached hydrogens (tertiary/aromatic N) is 3. The van der Waals surface area contributed by atoms with Gasteiger partial charge in [0.2, 0.25) is 5.91 Å². The Labute approximate surface area is 151 Å². The van der Waals surface area contributed by atoms with E-state index >= 15 is 0 Å². The van der Waals surface area contributed by atoms with Gasteiger partial charge in [-0.05, 0) is 26.6 Å². The van der Waals surface area contributed by atoms with Gasteiger partial charge in [0.05, 0.1) is 5.75 Å². The molecule has 140 valence electrons. The van der Waals surface area contributed by atoms with Crippen LogP contribution in [0, 0.1) is 6.92 Å². The minimum atomic E-state index is -2.95. The van der Waals surface area contributed by atoms with Crippen molar-refractivity contribution in [2.45, 2.75) is 13.0 Å². The summed E-state index contributed by atoms with van der Waals surface area (Å²) in [6, 6.07) is 7.80. The lowest BCUT2D eigenvalue weighted by atomic mass is 10.0. The summed E-state index contributed by atoms with van der Waals surface area (Å²) in [6.45, 7) is 5.28. The standard InChI is InChI=1S/C18H29N3O3S/c1-15-5-7-16(8-6-15)17(19(2)3)18(22)21-11-9-20(10-12-21)13-14-25(4,23)24/h5-8,17H,9-14H2,1-4H3/t17-/m1/s1. The van der Waals surface area contributed by atoms with E-state index in [9.17, 15) is 13.2 Å². The van der Waals surface area contributed by atoms with Crippen molar-refractivity contribution in [1.82, 2.24) is 14.7 Å². The number of aryl methyl sites for hydroxylation is 1. The molecular weight excluding hydrogens is 338 g/mol. The van der Waals surface area contributed by atoms with Gasteiger partial charge < -0.3 is 4.90 Å². The molecule has 25 heavy (non-hydrogen) atoms. The molecule has 2 rings (SSSR count). The molecule has 0 radical (unpaired) electrons. The Morgan fingerprint density at radius 3 is 2.16 bits per heavy atom. The third-order valence-corrected chi connectivity index (χ3v) is 5.53. The molecule has 6 nitrogen and oxygen atoms in total. The molecule has 0 unspecified atom stereocenters. The molecule has 1 fully saturated rings. The number of hydrogen-bond acceptors (Lipinski definition) is 5. The molecule has 1 saturated heterocycles. The van der Waals surface area contributed by atoms with Crippen LogP contribution in [0.15, 0.2) is 24.3 Å². The first kappa shape index (κ1) is 19.9. The van der Waals surface area contributed by atoms with Gasteiger partial charge >= 0.3 is 0 Å². The molecule has 1 aromatic rings. The van der Waals surface area contributed by atoms with Crippen molar-refractivity contribution in [2.75, 3.05) is 58.8 Å². The Bertz CT molecular complexity index is 678. The second kappa shape index (κ2) is 8.29. The molecule has 1 atom stereocenters. The highest BCUT2D eigenvalue weighted by Crippen LogP contribution is 2.22. The highest BCUT2D eigenvalue weighted by Gasteiger charge is 2.30. The molecule has 1 amide bonds. The SMILES string of the molecule is Cc1ccc([C@H](C(=O)N2CCN(CCS(C)(=O)=O)CC2)N(C)C)cc1. The second-order valence-corrected chi connectivity index (χ2v) is 9.33. The molecule has 7 heteroatoms. The third kappa shape index (κ3) is 5.80. The number of amides is 1. The molecule has 1 aliphatic heterocycles. The topological polar surface area (TPSA) is 60.9 Å². The lowest BCUT2D eigenvalue weighted by Gasteiger charge is -2.37. The largest absolute Gasteiger partial charge is 0.338 e. The Hall–Kier alpha value is -1.44. The Kier molecular flexibility index (Phi) is 6.59. The van der Waals surface area contributed by atoms with E-state index in [4.69, 9.17) is 0 Å². The minimum absolute atomic E-state index is 0.108. The smallest absolute Gasteiger partial charge is 0.244 e. The van der Waals surface area contributed by atoms with Crippen LogP contribution in [0.25, 0.3) is 0 Å². The van der Waals surface area contributed by atoms with E-state index in [0.717, 1.165) is 18.7 Å². The van der Waals surface area contributed by atoms with E-state index in [0.29, 0.717) is 19.6 Å². The van der Waals surface area contributed by atoms with Crippen molar-refractivity contribution >= 4 is 15.7 Å². The normalized spacial score (nSPS) is 17.7. The average Bonchev–Trinajstić information content (AvgIpc) is 2.54. The highest BCUT2D eigenvalue weighted by atomic mass is 32.2. The first-order valence-corrected chi connectivity index (χ1v) is 10.7. The zero-order chi connectivity index (χ0) is 18.6. The monoisotopic (exact) mass is 367 g/mol. The van der Waals surface area contributed by atoms with Gasteiger partial charge in [0.15, 0.2) is 0 Å². The molecule has 1 aromatic carbocycles. The summed E-state index contributed by atoms with van der Waals surface area (Å²) in [4.78, 5) is 19.0. The van der Waals surface area contributed by atoms with E-state index < -0.39 is 9.84 Å². The summed E-state index contributed by atoms with van der Waals surface area (Å²) < 4.78 is 22.6. The number of carbonyl (C=O) groups is 1. The molecule has 1 heterocycles. The predicted octanol–water partition coefficient (Wildman–Crippen LogP) is 0.787. The van der Waals surface area contributed by atoms with Crippen LogP contribution >= 0.6 is 0 Å². The van der Waals surface area contributed by atoms with Crippen molar-refractivity contribution in [3.8, 4) is 0 Å². The maximum atomic E-state index is 13.0. The van der Waals surface area contributed by atoms with Crippen LogP contribution in [-0.4, -0.2) is 87.9 Å². The summed E-state index contributed by atoms with van der Waals surface area (Å²) in [7, 11) is 0.896. The van der Waals surface area contributed by atoms with Crippen LogP contribution < -0.4 is 0 Å². The first-order valence-electron chi connectivity index (χ1n) is 8.59. The number of carbonyl (C=O) groups excluding carboxylic acids is 1. The molecule has 0 saturated carbocycles. The van der Waals surface area contributed by atoms with Crippen LogP contribution in [0.2, 0.25) is 0 Å². The van der Waals surface area contributed by atoms with E-state index in [2.05, 4.69) is 4.90 Å². The van der Waals surface area contributed by atoms with E-state index in [1.165, 1.54) is 11.8 Å². The fraction of sp³-hybridized carbons (Fsp3) is 0.611. The number of sulfone groups is 1. The third-order valence-electron chi connectivity index (χ3n) is 4.61. The lowest BCUT2D eigenvalue weighted by Crippen LogP contribution is -2.52. The molecule has 0 N–H and O–H groups in total. The van der Waals surface area contributed by atoms with Crippen LogP contribution in [0.4, 0.5) is 0 Å². The number of benzene rings is 1. The van der Waals surface area contributed by atoms with Gasteiger partial charge in [0.1, 0.15) is 15.9 Å². The number of piperazine rings is 1. The molecular formula is C18H29N3O3S. The zero-order valence-corrected chi connectivity index (χ0v) is 16.4. The van der Waals surface area contributed by atoms with Gasteiger partial charge in [-0.1, -0.05) is 29.8 Å². The molecule has 1 aliphatic rings. The van der Waals surface area contributed by atoms with Crippen LogP contribution in [0.5, 0.6) is 0 Å². The Morgan fingerprint density at radius 1 is 1.12 bits per heavy atom. The average molecular weight is 368 g/mol. The van der Waals surface area contributed by atoms with Gasteiger partial charge in [-0.2, -0.15) is 0 Å². The van der Waals surface area contributed by atoms with Crippen molar-refractivity contribution in [3.05, 3.63) is 35.4 Å². The zero-order valence-electron chi connectivity index (χ0n) is 15.6. The van der Waals surface area contributed by atoms with Crippen molar-refractivity contribution in [1.29, 1.82) is 0 Å².